The van der Waals surface area contributed by atoms with E-state index in [1.165, 1.54) is 0 Å². The molecule has 0 radical (unpaired) electrons. The molecule has 0 amide bonds. The molecule has 0 unspecified atom stereocenters. The van der Waals surface area contributed by atoms with Crippen LogP contribution in [0.3, 0.4) is 0 Å². The molecule has 0 fully saturated rings. The van der Waals surface area contributed by atoms with Crippen molar-refractivity contribution in [1.82, 2.24) is 0 Å². The van der Waals surface area contributed by atoms with Gasteiger partial charge in [0.2, 0.25) is 0 Å². The predicted octanol–water partition coefficient (Wildman–Crippen LogP) is 2.75. The maximum Gasteiger partial charge on any atom is 0.125 e. The molecule has 0 bridgehead atoms. The Morgan fingerprint density at radius 2 is 2.00 bits per heavy atom. The number of amidine groups is 1. The van der Waals surface area contributed by atoms with E-state index in [1.54, 1.807) is 0 Å². The molecule has 0 aliphatic heterocycles. The van der Waals surface area contributed by atoms with E-state index in [-0.39, 0.29) is 0 Å². The van der Waals surface area contributed by atoms with Gasteiger partial charge in [0.15, 0.2) is 0 Å². The number of nitrogens with zero attached hydrogens (tertiary/aromatic N) is 2. The van der Waals surface area contributed by atoms with Crippen molar-refractivity contribution in [3.8, 4) is 0 Å². The first kappa shape index (κ1) is 8.65. The van der Waals surface area contributed by atoms with Crippen LogP contribution in [-0.4, -0.2) is 12.6 Å². The average molecular weight is 160 g/mol. The lowest BCUT2D eigenvalue weighted by atomic mass is 10.2. The molecule has 1 aromatic rings. The highest BCUT2D eigenvalue weighted by molar-refractivity contribution is 5.86. The molecule has 62 valence electrons. The Bertz CT molecular complexity index is 313. The molecule has 0 heterocycles. The second-order valence-corrected chi connectivity index (χ2v) is 2.60. The van der Waals surface area contributed by atoms with Crippen LogP contribution >= 0.6 is 0 Å². The van der Waals surface area contributed by atoms with Crippen molar-refractivity contribution in [2.75, 3.05) is 0 Å². The van der Waals surface area contributed by atoms with Crippen molar-refractivity contribution in [2.24, 2.45) is 9.98 Å². The molecule has 0 spiro atoms. The Labute approximate surface area is 72.7 Å². The second-order valence-electron chi connectivity index (χ2n) is 2.60. The fraction of sp³-hybridized carbons (Fsp3) is 0.200. The van der Waals surface area contributed by atoms with Crippen LogP contribution in [0.5, 0.6) is 0 Å². The van der Waals surface area contributed by atoms with Gasteiger partial charge in [0.05, 0.1) is 5.69 Å². The van der Waals surface area contributed by atoms with E-state index in [0.29, 0.717) is 5.84 Å². The number of hydrogen-bond acceptors (Lipinski definition) is 1. The Morgan fingerprint density at radius 1 is 1.33 bits per heavy atom. The second kappa shape index (κ2) is 3.81. The minimum Gasteiger partial charge on any atom is -0.250 e. The van der Waals surface area contributed by atoms with Crippen molar-refractivity contribution in [3.05, 3.63) is 29.8 Å². The third-order valence-corrected chi connectivity index (χ3v) is 1.63. The maximum absolute atomic E-state index is 4.26. The first-order valence-corrected chi connectivity index (χ1v) is 3.81. The molecule has 0 saturated carbocycles. The van der Waals surface area contributed by atoms with Gasteiger partial charge in [-0.2, -0.15) is 0 Å². The van der Waals surface area contributed by atoms with E-state index in [1.807, 2.05) is 38.1 Å². The van der Waals surface area contributed by atoms with Crippen molar-refractivity contribution in [2.45, 2.75) is 13.8 Å². The van der Waals surface area contributed by atoms with Crippen LogP contribution in [-0.2, 0) is 0 Å². The van der Waals surface area contributed by atoms with Gasteiger partial charge in [-0.15, -0.1) is 0 Å². The van der Waals surface area contributed by atoms with Crippen molar-refractivity contribution >= 4 is 18.2 Å². The van der Waals surface area contributed by atoms with Crippen molar-refractivity contribution in [3.63, 3.8) is 0 Å². The summed E-state index contributed by atoms with van der Waals surface area (Å²) in [5.74, 6) is 0.698. The standard InChI is InChI=1S/C10H12N2/c1-8-6-4-5-7-10(8)12-9(2)11-3/h4-7H,3H2,1-2H3/b12-9-. The van der Waals surface area contributed by atoms with Crippen LogP contribution in [0.25, 0.3) is 0 Å². The highest BCUT2D eigenvalue weighted by atomic mass is 14.9. The average Bonchev–Trinajstić information content (AvgIpc) is 2.09. The number of para-hydroxylation sites is 1. The summed E-state index contributed by atoms with van der Waals surface area (Å²) in [6, 6.07) is 7.94. The van der Waals surface area contributed by atoms with Crippen LogP contribution in [0.1, 0.15) is 12.5 Å². The van der Waals surface area contributed by atoms with E-state index in [2.05, 4.69) is 16.7 Å². The summed E-state index contributed by atoms with van der Waals surface area (Å²) in [5, 5.41) is 0. The lowest BCUT2D eigenvalue weighted by molar-refractivity contribution is 1.37. The van der Waals surface area contributed by atoms with Gasteiger partial charge in [0, 0.05) is 0 Å². The molecule has 0 aromatic heterocycles. The van der Waals surface area contributed by atoms with Gasteiger partial charge < -0.3 is 0 Å². The van der Waals surface area contributed by atoms with Gasteiger partial charge in [-0.05, 0) is 32.2 Å². The lowest BCUT2D eigenvalue weighted by Crippen LogP contribution is -1.82. The number of hydrogen-bond donors (Lipinski definition) is 0. The molecule has 0 N–H and O–H groups in total. The molecule has 0 aliphatic rings. The molecule has 0 saturated heterocycles. The maximum atomic E-state index is 4.26. The molecular formula is C10H12N2. The SMILES string of the molecule is C=N/C(C)=N\c1ccccc1C. The van der Waals surface area contributed by atoms with Crippen LogP contribution in [0, 0.1) is 6.92 Å². The molecule has 12 heavy (non-hydrogen) atoms. The smallest absolute Gasteiger partial charge is 0.125 e. The molecule has 1 aromatic carbocycles. The Hall–Kier alpha value is -1.44. The largest absolute Gasteiger partial charge is 0.250 e. The minimum absolute atomic E-state index is 0.698. The van der Waals surface area contributed by atoms with Crippen LogP contribution in [0.2, 0.25) is 0 Å². The molecule has 2 heteroatoms. The summed E-state index contributed by atoms with van der Waals surface area (Å²) in [7, 11) is 0. The zero-order chi connectivity index (χ0) is 8.97. The minimum atomic E-state index is 0.698. The van der Waals surface area contributed by atoms with E-state index in [4.69, 9.17) is 0 Å². The van der Waals surface area contributed by atoms with Gasteiger partial charge in [0.1, 0.15) is 5.84 Å². The number of rotatable bonds is 1. The predicted molar refractivity (Wildman–Crippen MR) is 53.5 cm³/mol. The van der Waals surface area contributed by atoms with E-state index in [9.17, 15) is 0 Å². The van der Waals surface area contributed by atoms with Crippen LogP contribution < -0.4 is 0 Å². The third kappa shape index (κ3) is 2.02. The van der Waals surface area contributed by atoms with Gasteiger partial charge in [0.25, 0.3) is 0 Å². The molecule has 2 nitrogen and oxygen atoms in total. The first-order chi connectivity index (χ1) is 5.74. The highest BCUT2D eigenvalue weighted by Crippen LogP contribution is 2.17. The van der Waals surface area contributed by atoms with Crippen LogP contribution in [0.4, 0.5) is 5.69 Å². The Morgan fingerprint density at radius 3 is 2.58 bits per heavy atom. The molecule has 1 rings (SSSR count). The Balaban J connectivity index is 3.04. The summed E-state index contributed by atoms with van der Waals surface area (Å²) >= 11 is 0. The Kier molecular flexibility index (Phi) is 2.75. The van der Waals surface area contributed by atoms with Gasteiger partial charge in [-0.3, -0.25) is 0 Å². The normalized spacial score (nSPS) is 11.3. The number of aliphatic imine (C=N–C) groups is 2. The van der Waals surface area contributed by atoms with Gasteiger partial charge >= 0.3 is 0 Å². The zero-order valence-corrected chi connectivity index (χ0v) is 7.41. The van der Waals surface area contributed by atoms with E-state index in [0.717, 1.165) is 11.3 Å². The quantitative estimate of drug-likeness (QED) is 0.446. The van der Waals surface area contributed by atoms with E-state index < -0.39 is 0 Å². The van der Waals surface area contributed by atoms with Crippen molar-refractivity contribution in [1.29, 1.82) is 0 Å². The highest BCUT2D eigenvalue weighted by Gasteiger charge is 1.93. The first-order valence-electron chi connectivity index (χ1n) is 3.81. The summed E-state index contributed by atoms with van der Waals surface area (Å²) in [4.78, 5) is 7.99. The third-order valence-electron chi connectivity index (χ3n) is 1.63. The van der Waals surface area contributed by atoms with Crippen LogP contribution in [0.15, 0.2) is 34.3 Å². The lowest BCUT2D eigenvalue weighted by Gasteiger charge is -1.98. The topological polar surface area (TPSA) is 24.7 Å². The molecule has 0 aliphatic carbocycles. The number of benzene rings is 1. The fourth-order valence-corrected chi connectivity index (χ4v) is 0.899. The number of aryl methyl sites for hydroxylation is 1. The summed E-state index contributed by atoms with van der Waals surface area (Å²) in [6.45, 7) is 7.26. The summed E-state index contributed by atoms with van der Waals surface area (Å²) in [6.07, 6.45) is 0. The zero-order valence-electron chi connectivity index (χ0n) is 7.41. The summed E-state index contributed by atoms with van der Waals surface area (Å²) in [5.41, 5.74) is 2.11. The van der Waals surface area contributed by atoms with Gasteiger partial charge in [-0.25, -0.2) is 9.98 Å². The molecular weight excluding hydrogens is 148 g/mol. The van der Waals surface area contributed by atoms with E-state index >= 15 is 0 Å². The van der Waals surface area contributed by atoms with Crippen molar-refractivity contribution < 1.29 is 0 Å². The fourth-order valence-electron chi connectivity index (χ4n) is 0.899. The monoisotopic (exact) mass is 160 g/mol. The summed E-state index contributed by atoms with van der Waals surface area (Å²) < 4.78 is 0. The van der Waals surface area contributed by atoms with Gasteiger partial charge in [-0.1, -0.05) is 18.2 Å². The molecule has 0 atom stereocenters.